The van der Waals surface area contributed by atoms with Gasteiger partial charge in [-0.25, -0.2) is 4.39 Å². The highest BCUT2D eigenvalue weighted by Gasteiger charge is 2.32. The largest absolute Gasteiger partial charge is 0.350 e. The molecule has 0 aliphatic heterocycles. The predicted octanol–water partition coefficient (Wildman–Crippen LogP) is 6.27. The van der Waals surface area contributed by atoms with Crippen molar-refractivity contribution in [3.05, 3.63) is 106 Å². The van der Waals surface area contributed by atoms with E-state index in [-0.39, 0.29) is 29.9 Å². The van der Waals surface area contributed by atoms with E-state index in [4.69, 9.17) is 11.6 Å². The molecule has 0 aromatic heterocycles. The van der Waals surface area contributed by atoms with E-state index in [1.807, 2.05) is 63.2 Å². The number of rotatable bonds is 10. The number of carbonyl (C=O) groups excluding carboxylic acids is 2. The molecule has 7 heteroatoms. The van der Waals surface area contributed by atoms with Crippen molar-refractivity contribution in [1.82, 2.24) is 10.2 Å². The summed E-state index contributed by atoms with van der Waals surface area (Å²) in [7, 11) is 0. The van der Waals surface area contributed by atoms with Crippen LogP contribution in [0.25, 0.3) is 0 Å². The Morgan fingerprint density at radius 3 is 2.31 bits per heavy atom. The zero-order valence-electron chi connectivity index (χ0n) is 20.8. The third-order valence-electron chi connectivity index (χ3n) is 5.45. The van der Waals surface area contributed by atoms with Gasteiger partial charge in [-0.05, 0) is 55.7 Å². The molecule has 3 aromatic rings. The molecular formula is C29H32ClFN2O2S. The Kier molecular flexibility index (Phi) is 9.97. The first-order valence-electron chi connectivity index (χ1n) is 11.8. The fourth-order valence-corrected chi connectivity index (χ4v) is 4.89. The van der Waals surface area contributed by atoms with E-state index < -0.39 is 11.6 Å². The summed E-state index contributed by atoms with van der Waals surface area (Å²) < 4.78 is 14.1. The number of carbonyl (C=O) groups is 2. The Morgan fingerprint density at radius 2 is 1.64 bits per heavy atom. The van der Waals surface area contributed by atoms with Crippen LogP contribution in [-0.2, 0) is 28.3 Å². The average molecular weight is 527 g/mol. The van der Waals surface area contributed by atoms with E-state index >= 15 is 0 Å². The quantitative estimate of drug-likeness (QED) is 0.339. The van der Waals surface area contributed by atoms with Crippen molar-refractivity contribution in [2.75, 3.05) is 5.75 Å². The minimum Gasteiger partial charge on any atom is -0.350 e. The van der Waals surface area contributed by atoms with Gasteiger partial charge in [-0.15, -0.1) is 11.8 Å². The van der Waals surface area contributed by atoms with Crippen molar-refractivity contribution >= 4 is 35.2 Å². The van der Waals surface area contributed by atoms with Crippen LogP contribution >= 0.6 is 23.4 Å². The molecule has 3 aromatic carbocycles. The molecule has 2 amide bonds. The van der Waals surface area contributed by atoms with Crippen LogP contribution in [0.15, 0.2) is 78.9 Å². The monoisotopic (exact) mass is 526 g/mol. The lowest BCUT2D eigenvalue weighted by Crippen LogP contribution is -2.54. The minimum absolute atomic E-state index is 0.114. The molecule has 190 valence electrons. The normalized spacial score (nSPS) is 12.1. The van der Waals surface area contributed by atoms with Crippen molar-refractivity contribution < 1.29 is 14.0 Å². The summed E-state index contributed by atoms with van der Waals surface area (Å²) in [5.74, 6) is -0.230. The predicted molar refractivity (Wildman–Crippen MR) is 146 cm³/mol. The van der Waals surface area contributed by atoms with Gasteiger partial charge >= 0.3 is 0 Å². The summed E-state index contributed by atoms with van der Waals surface area (Å²) in [6.07, 6.45) is 0.368. The summed E-state index contributed by atoms with van der Waals surface area (Å²) in [6.45, 7) is 5.97. The van der Waals surface area contributed by atoms with Crippen molar-refractivity contribution in [2.24, 2.45) is 0 Å². The van der Waals surface area contributed by atoms with Crippen LogP contribution in [-0.4, -0.2) is 34.0 Å². The van der Waals surface area contributed by atoms with E-state index in [2.05, 4.69) is 5.32 Å². The number of hydrogen-bond donors (Lipinski definition) is 1. The second-order valence-electron chi connectivity index (χ2n) is 9.68. The zero-order valence-corrected chi connectivity index (χ0v) is 22.4. The van der Waals surface area contributed by atoms with Crippen LogP contribution in [0.5, 0.6) is 0 Å². The maximum Gasteiger partial charge on any atom is 0.243 e. The highest BCUT2D eigenvalue weighted by molar-refractivity contribution is 7.99. The summed E-state index contributed by atoms with van der Waals surface area (Å²) >= 11 is 7.54. The zero-order chi connectivity index (χ0) is 26.1. The molecule has 1 atom stereocenters. The maximum absolute atomic E-state index is 14.1. The first kappa shape index (κ1) is 27.8. The molecule has 36 heavy (non-hydrogen) atoms. The highest BCUT2D eigenvalue weighted by atomic mass is 35.5. The molecule has 4 nitrogen and oxygen atoms in total. The van der Waals surface area contributed by atoms with Gasteiger partial charge in [-0.3, -0.25) is 9.59 Å². The molecule has 3 rings (SSSR count). The van der Waals surface area contributed by atoms with Crippen molar-refractivity contribution in [3.8, 4) is 0 Å². The second kappa shape index (κ2) is 12.9. The molecule has 0 saturated heterocycles. The number of benzene rings is 3. The van der Waals surface area contributed by atoms with Gasteiger partial charge in [-0.1, -0.05) is 72.3 Å². The second-order valence-corrected chi connectivity index (χ2v) is 11.1. The van der Waals surface area contributed by atoms with Crippen LogP contribution in [0.3, 0.4) is 0 Å². The van der Waals surface area contributed by atoms with Gasteiger partial charge in [-0.2, -0.15) is 0 Å². The smallest absolute Gasteiger partial charge is 0.243 e. The van der Waals surface area contributed by atoms with Crippen LogP contribution < -0.4 is 5.32 Å². The van der Waals surface area contributed by atoms with Gasteiger partial charge in [0, 0.05) is 29.3 Å². The number of hydrogen-bond acceptors (Lipinski definition) is 3. The topological polar surface area (TPSA) is 49.4 Å². The fourth-order valence-electron chi connectivity index (χ4n) is 3.79. The molecule has 1 N–H and O–H groups in total. The van der Waals surface area contributed by atoms with Gasteiger partial charge < -0.3 is 10.2 Å². The number of nitrogens with zero attached hydrogens (tertiary/aromatic N) is 1. The molecule has 0 saturated carbocycles. The van der Waals surface area contributed by atoms with Gasteiger partial charge in [0.05, 0.1) is 5.75 Å². The third-order valence-corrected chi connectivity index (χ3v) is 6.65. The molecule has 0 unspecified atom stereocenters. The first-order chi connectivity index (χ1) is 17.1. The van der Waals surface area contributed by atoms with E-state index in [9.17, 15) is 14.0 Å². The van der Waals surface area contributed by atoms with Crippen LogP contribution in [0.4, 0.5) is 4.39 Å². The Morgan fingerprint density at radius 1 is 0.972 bits per heavy atom. The minimum atomic E-state index is -0.729. The van der Waals surface area contributed by atoms with Gasteiger partial charge in [0.15, 0.2) is 0 Å². The van der Waals surface area contributed by atoms with Crippen LogP contribution in [0, 0.1) is 5.82 Å². The average Bonchev–Trinajstić information content (AvgIpc) is 2.82. The van der Waals surface area contributed by atoms with Crippen molar-refractivity contribution in [2.45, 2.75) is 51.1 Å². The van der Waals surface area contributed by atoms with E-state index in [1.54, 1.807) is 35.2 Å². The Balaban J connectivity index is 1.88. The summed E-state index contributed by atoms with van der Waals surface area (Å²) in [5.41, 5.74) is 1.87. The number of amides is 2. The van der Waals surface area contributed by atoms with E-state index in [0.717, 1.165) is 11.1 Å². The lowest BCUT2D eigenvalue weighted by atomic mass is 10.0. The van der Waals surface area contributed by atoms with Crippen LogP contribution in [0.2, 0.25) is 5.02 Å². The Hall–Kier alpha value is -2.83. The molecule has 0 bridgehead atoms. The lowest BCUT2D eigenvalue weighted by Gasteiger charge is -2.34. The SMILES string of the molecule is CC(C)(C)NC(=O)[C@H](Cc1ccccc1)N(Cc1cccc(Cl)c1)C(=O)CSCc1ccccc1F. The molecule has 0 aliphatic rings. The lowest BCUT2D eigenvalue weighted by molar-refractivity contribution is -0.140. The fraction of sp³-hybridized carbons (Fsp3) is 0.310. The van der Waals surface area contributed by atoms with Gasteiger partial charge in [0.1, 0.15) is 11.9 Å². The number of halogens is 2. The third kappa shape index (κ3) is 8.68. The molecule has 0 aliphatic carbocycles. The van der Waals surface area contributed by atoms with Crippen LogP contribution in [0.1, 0.15) is 37.5 Å². The summed E-state index contributed by atoms with van der Waals surface area (Å²) in [5, 5.41) is 3.61. The van der Waals surface area contributed by atoms with Crippen molar-refractivity contribution in [1.29, 1.82) is 0 Å². The maximum atomic E-state index is 14.1. The molecule has 0 heterocycles. The standard InChI is InChI=1S/C29H32ClFN2O2S/c1-29(2,3)32-28(35)26(17-21-10-5-4-6-11-21)33(18-22-12-9-14-24(30)16-22)27(34)20-36-19-23-13-7-8-15-25(23)31/h4-16,26H,17-20H2,1-3H3,(H,32,35)/t26-/m0/s1. The van der Waals surface area contributed by atoms with Crippen molar-refractivity contribution in [3.63, 3.8) is 0 Å². The summed E-state index contributed by atoms with van der Waals surface area (Å²) in [6, 6.07) is 22.8. The number of thioether (sulfide) groups is 1. The molecule has 0 radical (unpaired) electrons. The summed E-state index contributed by atoms with van der Waals surface area (Å²) in [4.78, 5) is 28.7. The van der Waals surface area contributed by atoms with E-state index in [0.29, 0.717) is 22.8 Å². The van der Waals surface area contributed by atoms with Gasteiger partial charge in [0.2, 0.25) is 11.8 Å². The Labute approximate surface area is 222 Å². The molecule has 0 fully saturated rings. The Bertz CT molecular complexity index is 1170. The first-order valence-corrected chi connectivity index (χ1v) is 13.4. The molecular weight excluding hydrogens is 495 g/mol. The highest BCUT2D eigenvalue weighted by Crippen LogP contribution is 2.21. The van der Waals surface area contributed by atoms with Gasteiger partial charge in [0.25, 0.3) is 0 Å². The number of nitrogens with one attached hydrogen (secondary N) is 1. The molecule has 0 spiro atoms. The van der Waals surface area contributed by atoms with E-state index in [1.165, 1.54) is 17.8 Å².